The Morgan fingerprint density at radius 3 is 2.71 bits per heavy atom. The van der Waals surface area contributed by atoms with Crippen LogP contribution in [0.3, 0.4) is 0 Å². The van der Waals surface area contributed by atoms with Crippen molar-refractivity contribution in [1.29, 1.82) is 0 Å². The zero-order valence-electron chi connectivity index (χ0n) is 9.17. The van der Waals surface area contributed by atoms with Crippen LogP contribution in [0.2, 0.25) is 0 Å². The maximum atomic E-state index is 11.4. The van der Waals surface area contributed by atoms with Gasteiger partial charge in [-0.05, 0) is 12.3 Å². The highest BCUT2D eigenvalue weighted by Gasteiger charge is 2.11. The summed E-state index contributed by atoms with van der Waals surface area (Å²) in [4.78, 5) is 11.4. The Bertz CT molecular complexity index is 208. The number of methoxy groups -OCH3 is 1. The monoisotopic (exact) mass is 197 g/mol. The maximum absolute atomic E-state index is 11.4. The lowest BCUT2D eigenvalue weighted by atomic mass is 10.1. The first-order valence-corrected chi connectivity index (χ1v) is 4.88. The van der Waals surface area contributed by atoms with Gasteiger partial charge in [-0.15, -0.1) is 6.42 Å². The molecular weight excluding hydrogens is 178 g/mol. The molecule has 0 bridgehead atoms. The van der Waals surface area contributed by atoms with Crippen molar-refractivity contribution in [2.45, 2.75) is 32.7 Å². The molecule has 0 spiro atoms. The van der Waals surface area contributed by atoms with E-state index in [9.17, 15) is 4.79 Å². The summed E-state index contributed by atoms with van der Waals surface area (Å²) >= 11 is 0. The van der Waals surface area contributed by atoms with E-state index < -0.39 is 0 Å². The lowest BCUT2D eigenvalue weighted by molar-refractivity contribution is -0.122. The summed E-state index contributed by atoms with van der Waals surface area (Å²) in [5.41, 5.74) is 0. The SMILES string of the molecule is C#CC(CC)NC(=O)CC(C)COC. The van der Waals surface area contributed by atoms with E-state index in [-0.39, 0.29) is 17.9 Å². The number of nitrogens with one attached hydrogen (secondary N) is 1. The van der Waals surface area contributed by atoms with Crippen molar-refractivity contribution < 1.29 is 9.53 Å². The second-order valence-corrected chi connectivity index (χ2v) is 3.46. The van der Waals surface area contributed by atoms with Gasteiger partial charge in [0.1, 0.15) is 0 Å². The average molecular weight is 197 g/mol. The van der Waals surface area contributed by atoms with Crippen molar-refractivity contribution in [3.05, 3.63) is 0 Å². The third-order valence-corrected chi connectivity index (χ3v) is 1.93. The Morgan fingerprint density at radius 2 is 2.29 bits per heavy atom. The molecule has 0 fully saturated rings. The van der Waals surface area contributed by atoms with Gasteiger partial charge in [0.05, 0.1) is 6.04 Å². The van der Waals surface area contributed by atoms with Crippen molar-refractivity contribution in [3.63, 3.8) is 0 Å². The molecule has 0 aliphatic carbocycles. The van der Waals surface area contributed by atoms with E-state index >= 15 is 0 Å². The Kier molecular flexibility index (Phi) is 6.87. The van der Waals surface area contributed by atoms with E-state index in [1.54, 1.807) is 7.11 Å². The molecule has 2 unspecified atom stereocenters. The predicted octanol–water partition coefficient (Wildman–Crippen LogP) is 1.19. The highest BCUT2D eigenvalue weighted by Crippen LogP contribution is 2.02. The predicted molar refractivity (Wildman–Crippen MR) is 56.7 cm³/mol. The number of ether oxygens (including phenoxy) is 1. The van der Waals surface area contributed by atoms with Gasteiger partial charge in [-0.2, -0.15) is 0 Å². The molecule has 3 heteroatoms. The standard InChI is InChI=1S/C11H19NO2/c1-5-10(6-2)12-11(13)7-9(3)8-14-4/h1,9-10H,6-8H2,2-4H3,(H,12,13). The quantitative estimate of drug-likeness (QED) is 0.649. The molecule has 0 radical (unpaired) electrons. The molecule has 0 heterocycles. The molecule has 0 rings (SSSR count). The normalized spacial score (nSPS) is 14.1. The van der Waals surface area contributed by atoms with E-state index in [1.807, 2.05) is 13.8 Å². The Balaban J connectivity index is 3.80. The zero-order chi connectivity index (χ0) is 11.0. The van der Waals surface area contributed by atoms with Crippen LogP contribution in [0.15, 0.2) is 0 Å². The fourth-order valence-electron chi connectivity index (χ4n) is 1.17. The van der Waals surface area contributed by atoms with Gasteiger partial charge in [0, 0.05) is 20.1 Å². The molecule has 0 saturated heterocycles. The number of carbonyl (C=O) groups is 1. The van der Waals surface area contributed by atoms with Crippen LogP contribution in [0, 0.1) is 18.3 Å². The van der Waals surface area contributed by atoms with Gasteiger partial charge >= 0.3 is 0 Å². The van der Waals surface area contributed by atoms with E-state index in [0.29, 0.717) is 13.0 Å². The van der Waals surface area contributed by atoms with Gasteiger partial charge in [-0.1, -0.05) is 19.8 Å². The Labute approximate surface area is 86.2 Å². The fraction of sp³-hybridized carbons (Fsp3) is 0.727. The number of carbonyl (C=O) groups excluding carboxylic acids is 1. The molecule has 0 aliphatic heterocycles. The van der Waals surface area contributed by atoms with Gasteiger partial charge in [0.2, 0.25) is 5.91 Å². The van der Waals surface area contributed by atoms with Crippen LogP contribution in [0.4, 0.5) is 0 Å². The van der Waals surface area contributed by atoms with Crippen LogP contribution < -0.4 is 5.32 Å². The topological polar surface area (TPSA) is 38.3 Å². The highest BCUT2D eigenvalue weighted by molar-refractivity contribution is 5.76. The van der Waals surface area contributed by atoms with Crippen LogP contribution in [0.5, 0.6) is 0 Å². The molecule has 1 N–H and O–H groups in total. The number of hydrogen-bond acceptors (Lipinski definition) is 2. The molecule has 3 nitrogen and oxygen atoms in total. The summed E-state index contributed by atoms with van der Waals surface area (Å²) < 4.78 is 4.94. The van der Waals surface area contributed by atoms with Crippen LogP contribution in [0.1, 0.15) is 26.7 Å². The largest absolute Gasteiger partial charge is 0.384 e. The van der Waals surface area contributed by atoms with E-state index in [2.05, 4.69) is 11.2 Å². The van der Waals surface area contributed by atoms with E-state index in [0.717, 1.165) is 6.42 Å². The van der Waals surface area contributed by atoms with Crippen molar-refractivity contribution >= 4 is 5.91 Å². The molecule has 2 atom stereocenters. The highest BCUT2D eigenvalue weighted by atomic mass is 16.5. The summed E-state index contributed by atoms with van der Waals surface area (Å²) in [6.45, 7) is 4.52. The van der Waals surface area contributed by atoms with Gasteiger partial charge in [0.15, 0.2) is 0 Å². The fourth-order valence-corrected chi connectivity index (χ4v) is 1.17. The number of hydrogen-bond donors (Lipinski definition) is 1. The number of terminal acetylenes is 1. The first-order chi connectivity index (χ1) is 6.63. The van der Waals surface area contributed by atoms with Crippen molar-refractivity contribution in [3.8, 4) is 12.3 Å². The maximum Gasteiger partial charge on any atom is 0.221 e. The molecule has 14 heavy (non-hydrogen) atoms. The Morgan fingerprint density at radius 1 is 1.64 bits per heavy atom. The lowest BCUT2D eigenvalue weighted by Crippen LogP contribution is -2.34. The van der Waals surface area contributed by atoms with Gasteiger partial charge in [-0.3, -0.25) is 4.79 Å². The zero-order valence-corrected chi connectivity index (χ0v) is 9.17. The molecular formula is C11H19NO2. The molecule has 0 aromatic carbocycles. The third kappa shape index (κ3) is 5.60. The van der Waals surface area contributed by atoms with Gasteiger partial charge in [-0.25, -0.2) is 0 Å². The second-order valence-electron chi connectivity index (χ2n) is 3.46. The average Bonchev–Trinajstić information content (AvgIpc) is 2.14. The third-order valence-electron chi connectivity index (χ3n) is 1.93. The van der Waals surface area contributed by atoms with Crippen molar-refractivity contribution in [2.75, 3.05) is 13.7 Å². The first-order valence-electron chi connectivity index (χ1n) is 4.88. The summed E-state index contributed by atoms with van der Waals surface area (Å²) in [7, 11) is 1.63. The number of amides is 1. The van der Waals surface area contributed by atoms with Gasteiger partial charge in [0.25, 0.3) is 0 Å². The van der Waals surface area contributed by atoms with Crippen LogP contribution in [0.25, 0.3) is 0 Å². The smallest absolute Gasteiger partial charge is 0.221 e. The van der Waals surface area contributed by atoms with E-state index in [4.69, 9.17) is 11.2 Å². The minimum Gasteiger partial charge on any atom is -0.384 e. The van der Waals surface area contributed by atoms with Crippen LogP contribution in [-0.4, -0.2) is 25.7 Å². The molecule has 80 valence electrons. The molecule has 0 aromatic heterocycles. The van der Waals surface area contributed by atoms with Crippen molar-refractivity contribution in [2.24, 2.45) is 5.92 Å². The summed E-state index contributed by atoms with van der Waals surface area (Å²) in [5.74, 6) is 2.76. The Hall–Kier alpha value is -1.01. The first kappa shape index (κ1) is 13.0. The van der Waals surface area contributed by atoms with Crippen LogP contribution in [-0.2, 0) is 9.53 Å². The summed E-state index contributed by atoms with van der Waals surface area (Å²) in [6, 6.07) is -0.141. The van der Waals surface area contributed by atoms with Crippen LogP contribution >= 0.6 is 0 Å². The minimum absolute atomic E-state index is 0.000602. The minimum atomic E-state index is -0.141. The number of rotatable bonds is 6. The summed E-state index contributed by atoms with van der Waals surface area (Å²) in [6.07, 6.45) is 6.46. The lowest BCUT2D eigenvalue weighted by Gasteiger charge is -2.13. The van der Waals surface area contributed by atoms with Crippen molar-refractivity contribution in [1.82, 2.24) is 5.32 Å². The molecule has 1 amide bonds. The molecule has 0 saturated carbocycles. The molecule has 0 aromatic rings. The summed E-state index contributed by atoms with van der Waals surface area (Å²) in [5, 5.41) is 2.78. The molecule has 0 aliphatic rings. The second kappa shape index (κ2) is 7.40. The van der Waals surface area contributed by atoms with Gasteiger partial charge < -0.3 is 10.1 Å². The van der Waals surface area contributed by atoms with E-state index in [1.165, 1.54) is 0 Å².